The lowest BCUT2D eigenvalue weighted by atomic mass is 9.85. The Morgan fingerprint density at radius 1 is 1.00 bits per heavy atom. The number of oxazole rings is 1. The van der Waals surface area contributed by atoms with Crippen molar-refractivity contribution in [1.29, 1.82) is 0 Å². The SMILES string of the molecule is CC(C)(C)C(=O)c1c(O)c(Nc2ccccc2)cc2oc(-c3ccccc3)nc12. The number of carbonyl (C=O) groups excluding carboxylic acids is 1. The number of Topliss-reactive ketones (excluding diaryl/α,β-unsaturated/α-hetero) is 1. The van der Waals surface area contributed by atoms with Gasteiger partial charge in [-0.2, -0.15) is 0 Å². The van der Waals surface area contributed by atoms with Crippen molar-refractivity contribution >= 4 is 28.3 Å². The number of ketones is 1. The molecule has 0 radical (unpaired) electrons. The number of carbonyl (C=O) groups is 1. The molecular weight excluding hydrogens is 364 g/mol. The van der Waals surface area contributed by atoms with Crippen LogP contribution < -0.4 is 5.32 Å². The smallest absolute Gasteiger partial charge is 0.227 e. The summed E-state index contributed by atoms with van der Waals surface area (Å²) in [7, 11) is 0. The minimum atomic E-state index is -0.693. The summed E-state index contributed by atoms with van der Waals surface area (Å²) >= 11 is 0. The van der Waals surface area contributed by atoms with Crippen LogP contribution in [0, 0.1) is 5.41 Å². The summed E-state index contributed by atoms with van der Waals surface area (Å²) < 4.78 is 5.98. The van der Waals surface area contributed by atoms with E-state index in [-0.39, 0.29) is 17.1 Å². The number of benzene rings is 3. The number of anilines is 2. The van der Waals surface area contributed by atoms with Crippen molar-refractivity contribution < 1.29 is 14.3 Å². The zero-order valence-corrected chi connectivity index (χ0v) is 16.6. The van der Waals surface area contributed by atoms with E-state index in [4.69, 9.17) is 4.42 Å². The van der Waals surface area contributed by atoms with E-state index >= 15 is 0 Å². The van der Waals surface area contributed by atoms with E-state index in [0.717, 1.165) is 11.3 Å². The number of aromatic nitrogens is 1. The van der Waals surface area contributed by atoms with Crippen molar-refractivity contribution in [1.82, 2.24) is 4.98 Å². The zero-order valence-electron chi connectivity index (χ0n) is 16.6. The normalized spacial score (nSPS) is 11.6. The number of aromatic hydroxyl groups is 1. The van der Waals surface area contributed by atoms with Crippen molar-refractivity contribution in [2.75, 3.05) is 5.32 Å². The molecular formula is C24H22N2O3. The van der Waals surface area contributed by atoms with Crippen molar-refractivity contribution in [3.05, 3.63) is 72.3 Å². The van der Waals surface area contributed by atoms with Crippen LogP contribution in [0.5, 0.6) is 5.75 Å². The van der Waals surface area contributed by atoms with E-state index < -0.39 is 5.41 Å². The Kier molecular flexibility index (Phi) is 4.59. The average molecular weight is 386 g/mol. The molecule has 146 valence electrons. The molecule has 0 aliphatic heterocycles. The number of para-hydroxylation sites is 1. The van der Waals surface area contributed by atoms with E-state index in [1.165, 1.54) is 0 Å². The summed E-state index contributed by atoms with van der Waals surface area (Å²) in [6, 6.07) is 20.6. The molecule has 0 saturated heterocycles. The lowest BCUT2D eigenvalue weighted by molar-refractivity contribution is 0.0857. The molecule has 0 fully saturated rings. The summed E-state index contributed by atoms with van der Waals surface area (Å²) in [6.07, 6.45) is 0. The van der Waals surface area contributed by atoms with Gasteiger partial charge in [0.25, 0.3) is 0 Å². The van der Waals surface area contributed by atoms with Gasteiger partial charge in [-0.25, -0.2) is 4.98 Å². The fourth-order valence-corrected chi connectivity index (χ4v) is 3.12. The van der Waals surface area contributed by atoms with E-state index in [0.29, 0.717) is 22.7 Å². The van der Waals surface area contributed by atoms with Crippen LogP contribution in [0.4, 0.5) is 11.4 Å². The Morgan fingerprint density at radius 3 is 2.24 bits per heavy atom. The van der Waals surface area contributed by atoms with Gasteiger partial charge in [0.15, 0.2) is 17.1 Å². The molecule has 0 bridgehead atoms. The monoisotopic (exact) mass is 386 g/mol. The lowest BCUT2D eigenvalue weighted by Gasteiger charge is -2.19. The Bertz CT molecular complexity index is 1170. The van der Waals surface area contributed by atoms with Gasteiger partial charge in [-0.3, -0.25) is 4.79 Å². The van der Waals surface area contributed by atoms with E-state index in [2.05, 4.69) is 10.3 Å². The molecule has 0 aliphatic carbocycles. The quantitative estimate of drug-likeness (QED) is 0.324. The van der Waals surface area contributed by atoms with Gasteiger partial charge >= 0.3 is 0 Å². The second kappa shape index (κ2) is 7.09. The van der Waals surface area contributed by atoms with E-state index in [9.17, 15) is 9.90 Å². The lowest BCUT2D eigenvalue weighted by Crippen LogP contribution is -2.21. The van der Waals surface area contributed by atoms with Crippen LogP contribution in [-0.2, 0) is 0 Å². The molecule has 0 aliphatic rings. The number of nitrogens with zero attached hydrogens (tertiary/aromatic N) is 1. The van der Waals surface area contributed by atoms with Gasteiger partial charge in [0.05, 0.1) is 11.3 Å². The number of hydrogen-bond acceptors (Lipinski definition) is 5. The molecule has 4 rings (SSSR count). The van der Waals surface area contributed by atoms with Gasteiger partial charge in [0.2, 0.25) is 5.89 Å². The molecule has 29 heavy (non-hydrogen) atoms. The van der Waals surface area contributed by atoms with Gasteiger partial charge in [0.1, 0.15) is 5.52 Å². The van der Waals surface area contributed by atoms with Crippen molar-refractivity contribution in [2.45, 2.75) is 20.8 Å². The van der Waals surface area contributed by atoms with E-state index in [1.54, 1.807) is 6.07 Å². The molecule has 5 heteroatoms. The van der Waals surface area contributed by atoms with Crippen molar-refractivity contribution in [3.63, 3.8) is 0 Å². The molecule has 0 spiro atoms. The maximum atomic E-state index is 13.2. The fraction of sp³-hybridized carbons (Fsp3) is 0.167. The van der Waals surface area contributed by atoms with Gasteiger partial charge in [0, 0.05) is 22.7 Å². The number of hydrogen-bond donors (Lipinski definition) is 2. The van der Waals surface area contributed by atoms with Crippen molar-refractivity contribution in [3.8, 4) is 17.2 Å². The first-order valence-corrected chi connectivity index (χ1v) is 9.43. The van der Waals surface area contributed by atoms with Gasteiger partial charge < -0.3 is 14.8 Å². The predicted molar refractivity (Wildman–Crippen MR) is 115 cm³/mol. The van der Waals surface area contributed by atoms with Crippen LogP contribution in [0.3, 0.4) is 0 Å². The first-order chi connectivity index (χ1) is 13.8. The highest BCUT2D eigenvalue weighted by atomic mass is 16.3. The Hall–Kier alpha value is -3.60. The number of fused-ring (bicyclic) bond motifs is 1. The number of phenols is 1. The van der Waals surface area contributed by atoms with Crippen LogP contribution in [0.1, 0.15) is 31.1 Å². The van der Waals surface area contributed by atoms with Crippen LogP contribution in [0.25, 0.3) is 22.6 Å². The summed E-state index contributed by atoms with van der Waals surface area (Å²) in [4.78, 5) is 17.7. The topological polar surface area (TPSA) is 75.4 Å². The third-order valence-electron chi connectivity index (χ3n) is 4.64. The standard InChI is InChI=1S/C24H22N2O3/c1-24(2,3)22(28)19-20-18(29-23(26-20)15-10-6-4-7-11-15)14-17(21(19)27)25-16-12-8-5-9-13-16/h4-14,25,27H,1-3H3. The molecule has 4 aromatic rings. The highest BCUT2D eigenvalue weighted by molar-refractivity contribution is 6.12. The summed E-state index contributed by atoms with van der Waals surface area (Å²) in [6.45, 7) is 5.45. The Morgan fingerprint density at radius 2 is 1.62 bits per heavy atom. The number of nitrogens with one attached hydrogen (secondary N) is 1. The van der Waals surface area contributed by atoms with Crippen LogP contribution in [0.2, 0.25) is 0 Å². The van der Waals surface area contributed by atoms with E-state index in [1.807, 2.05) is 81.4 Å². The van der Waals surface area contributed by atoms with Crippen LogP contribution >= 0.6 is 0 Å². The van der Waals surface area contributed by atoms with Crippen LogP contribution in [0.15, 0.2) is 71.1 Å². The largest absolute Gasteiger partial charge is 0.505 e. The molecule has 0 saturated carbocycles. The number of phenolic OH excluding ortho intramolecular Hbond substituents is 1. The third kappa shape index (κ3) is 3.59. The highest BCUT2D eigenvalue weighted by Crippen LogP contribution is 2.40. The predicted octanol–water partition coefficient (Wildman–Crippen LogP) is 6.17. The molecule has 0 atom stereocenters. The van der Waals surface area contributed by atoms with Gasteiger partial charge in [-0.05, 0) is 24.3 Å². The molecule has 0 unspecified atom stereocenters. The molecule has 5 nitrogen and oxygen atoms in total. The summed E-state index contributed by atoms with van der Waals surface area (Å²) in [5, 5.41) is 14.2. The fourth-order valence-electron chi connectivity index (χ4n) is 3.12. The maximum absolute atomic E-state index is 13.2. The zero-order chi connectivity index (χ0) is 20.6. The summed E-state index contributed by atoms with van der Waals surface area (Å²) in [5.41, 5.74) is 2.26. The van der Waals surface area contributed by atoms with Crippen molar-refractivity contribution in [2.24, 2.45) is 5.41 Å². The molecule has 0 amide bonds. The minimum Gasteiger partial charge on any atom is -0.505 e. The first-order valence-electron chi connectivity index (χ1n) is 9.43. The van der Waals surface area contributed by atoms with Gasteiger partial charge in [-0.15, -0.1) is 0 Å². The minimum absolute atomic E-state index is 0.130. The third-order valence-corrected chi connectivity index (χ3v) is 4.64. The average Bonchev–Trinajstić information content (AvgIpc) is 3.12. The second-order valence-corrected chi connectivity index (χ2v) is 7.95. The summed E-state index contributed by atoms with van der Waals surface area (Å²) in [5.74, 6) is 0.0682. The Labute approximate surface area is 169 Å². The van der Waals surface area contributed by atoms with Crippen LogP contribution in [-0.4, -0.2) is 15.9 Å². The second-order valence-electron chi connectivity index (χ2n) is 7.95. The molecule has 1 aromatic heterocycles. The molecule has 3 aromatic carbocycles. The molecule has 2 N–H and O–H groups in total. The number of rotatable bonds is 4. The maximum Gasteiger partial charge on any atom is 0.227 e. The first kappa shape index (κ1) is 18.7. The highest BCUT2D eigenvalue weighted by Gasteiger charge is 2.31. The molecule has 1 heterocycles. The Balaban J connectivity index is 1.93. The van der Waals surface area contributed by atoms with Gasteiger partial charge in [-0.1, -0.05) is 57.2 Å².